The van der Waals surface area contributed by atoms with E-state index in [0.717, 1.165) is 33.4 Å². The van der Waals surface area contributed by atoms with Gasteiger partial charge in [-0.2, -0.15) is 0 Å². The molecule has 0 saturated heterocycles. The molecule has 6 nitrogen and oxygen atoms in total. The van der Waals surface area contributed by atoms with Gasteiger partial charge in [-0.15, -0.1) is 11.3 Å². The SMILES string of the molecule is CCOc1ccc(NC(=O)Cc2csc(-c3ccc(NC(C)=O)cc3)n2)cc1. The largest absolute Gasteiger partial charge is 0.494 e. The molecule has 0 aliphatic rings. The lowest BCUT2D eigenvalue weighted by Crippen LogP contribution is -2.14. The molecule has 7 heteroatoms. The molecule has 1 aromatic heterocycles. The van der Waals surface area contributed by atoms with Crippen molar-refractivity contribution in [1.82, 2.24) is 4.98 Å². The number of nitrogens with zero attached hydrogens (tertiary/aromatic N) is 1. The van der Waals surface area contributed by atoms with Crippen molar-refractivity contribution in [3.05, 3.63) is 59.6 Å². The van der Waals surface area contributed by atoms with Crippen molar-refractivity contribution in [2.24, 2.45) is 0 Å². The molecular formula is C21H21N3O3S. The maximum absolute atomic E-state index is 12.3. The number of hydrogen-bond donors (Lipinski definition) is 2. The highest BCUT2D eigenvalue weighted by atomic mass is 32.1. The van der Waals surface area contributed by atoms with E-state index in [0.29, 0.717) is 6.61 Å². The number of aromatic nitrogens is 1. The Morgan fingerprint density at radius 2 is 1.64 bits per heavy atom. The Kier molecular flexibility index (Phi) is 6.39. The normalized spacial score (nSPS) is 10.4. The van der Waals surface area contributed by atoms with Gasteiger partial charge in [0.15, 0.2) is 0 Å². The monoisotopic (exact) mass is 395 g/mol. The molecule has 0 spiro atoms. The van der Waals surface area contributed by atoms with Gasteiger partial charge in [0.1, 0.15) is 10.8 Å². The lowest BCUT2D eigenvalue weighted by atomic mass is 10.2. The fourth-order valence-corrected chi connectivity index (χ4v) is 3.42. The van der Waals surface area contributed by atoms with E-state index in [1.807, 2.05) is 60.8 Å². The van der Waals surface area contributed by atoms with Crippen molar-refractivity contribution in [3.8, 4) is 16.3 Å². The molecule has 2 N–H and O–H groups in total. The molecule has 1 heterocycles. The van der Waals surface area contributed by atoms with Crippen LogP contribution in [0.4, 0.5) is 11.4 Å². The number of carbonyl (C=O) groups excluding carboxylic acids is 2. The van der Waals surface area contributed by atoms with E-state index in [9.17, 15) is 9.59 Å². The average molecular weight is 395 g/mol. The van der Waals surface area contributed by atoms with Gasteiger partial charge in [0.05, 0.1) is 18.7 Å². The second kappa shape index (κ2) is 9.14. The van der Waals surface area contributed by atoms with Crippen molar-refractivity contribution in [2.45, 2.75) is 20.3 Å². The first-order valence-electron chi connectivity index (χ1n) is 8.88. The lowest BCUT2D eigenvalue weighted by Gasteiger charge is -2.06. The second-order valence-electron chi connectivity index (χ2n) is 6.08. The van der Waals surface area contributed by atoms with Crippen molar-refractivity contribution in [3.63, 3.8) is 0 Å². The quantitative estimate of drug-likeness (QED) is 0.623. The van der Waals surface area contributed by atoms with Gasteiger partial charge < -0.3 is 15.4 Å². The summed E-state index contributed by atoms with van der Waals surface area (Å²) in [6.07, 6.45) is 0.202. The molecule has 2 amide bonds. The number of ether oxygens (including phenoxy) is 1. The highest BCUT2D eigenvalue weighted by Gasteiger charge is 2.10. The van der Waals surface area contributed by atoms with Crippen LogP contribution in [-0.4, -0.2) is 23.4 Å². The highest BCUT2D eigenvalue weighted by molar-refractivity contribution is 7.13. The molecule has 28 heavy (non-hydrogen) atoms. The first kappa shape index (κ1) is 19.6. The molecule has 3 aromatic rings. The Morgan fingerprint density at radius 1 is 1.00 bits per heavy atom. The molecule has 0 saturated carbocycles. The molecule has 0 radical (unpaired) electrons. The summed E-state index contributed by atoms with van der Waals surface area (Å²) < 4.78 is 5.39. The maximum Gasteiger partial charge on any atom is 0.230 e. The number of amides is 2. The summed E-state index contributed by atoms with van der Waals surface area (Å²) >= 11 is 1.48. The zero-order valence-corrected chi connectivity index (χ0v) is 16.5. The number of thiazole rings is 1. The van der Waals surface area contributed by atoms with E-state index >= 15 is 0 Å². The van der Waals surface area contributed by atoms with Gasteiger partial charge >= 0.3 is 0 Å². The minimum absolute atomic E-state index is 0.108. The van der Waals surface area contributed by atoms with Crippen LogP contribution in [-0.2, 0) is 16.0 Å². The van der Waals surface area contributed by atoms with Gasteiger partial charge in [0, 0.05) is 29.2 Å². The molecule has 0 unspecified atom stereocenters. The Morgan fingerprint density at radius 3 is 2.29 bits per heavy atom. The lowest BCUT2D eigenvalue weighted by molar-refractivity contribution is -0.116. The highest BCUT2D eigenvalue weighted by Crippen LogP contribution is 2.25. The fourth-order valence-electron chi connectivity index (χ4n) is 2.59. The number of rotatable bonds is 7. The zero-order valence-electron chi connectivity index (χ0n) is 15.7. The predicted octanol–water partition coefficient (Wildman–Crippen LogP) is 4.35. The fraction of sp³-hybridized carbons (Fsp3) is 0.190. The molecule has 0 fully saturated rings. The van der Waals surface area contributed by atoms with Gasteiger partial charge in [0.25, 0.3) is 0 Å². The van der Waals surface area contributed by atoms with E-state index in [1.165, 1.54) is 18.3 Å². The van der Waals surface area contributed by atoms with Gasteiger partial charge in [-0.1, -0.05) is 0 Å². The number of carbonyl (C=O) groups is 2. The van der Waals surface area contributed by atoms with Crippen molar-refractivity contribution < 1.29 is 14.3 Å². The van der Waals surface area contributed by atoms with Crippen LogP contribution in [0.2, 0.25) is 0 Å². The van der Waals surface area contributed by atoms with Crippen LogP contribution in [0.15, 0.2) is 53.9 Å². The van der Waals surface area contributed by atoms with Crippen LogP contribution >= 0.6 is 11.3 Å². The Balaban J connectivity index is 1.59. The maximum atomic E-state index is 12.3. The summed E-state index contributed by atoms with van der Waals surface area (Å²) in [4.78, 5) is 27.9. The summed E-state index contributed by atoms with van der Waals surface area (Å²) in [5, 5.41) is 8.31. The van der Waals surface area contributed by atoms with Crippen LogP contribution in [0, 0.1) is 0 Å². The Labute approximate surface area is 167 Å². The van der Waals surface area contributed by atoms with Crippen LogP contribution < -0.4 is 15.4 Å². The molecular weight excluding hydrogens is 374 g/mol. The topological polar surface area (TPSA) is 80.3 Å². The molecule has 0 bridgehead atoms. The third kappa shape index (κ3) is 5.40. The van der Waals surface area contributed by atoms with E-state index in [-0.39, 0.29) is 18.2 Å². The minimum Gasteiger partial charge on any atom is -0.494 e. The number of nitrogens with one attached hydrogen (secondary N) is 2. The summed E-state index contributed by atoms with van der Waals surface area (Å²) in [5.74, 6) is 0.541. The third-order valence-corrected chi connectivity index (χ3v) is 4.73. The van der Waals surface area contributed by atoms with Crippen LogP contribution in [0.3, 0.4) is 0 Å². The van der Waals surface area contributed by atoms with Gasteiger partial charge in [-0.3, -0.25) is 9.59 Å². The van der Waals surface area contributed by atoms with Gasteiger partial charge in [0.2, 0.25) is 11.8 Å². The summed E-state index contributed by atoms with van der Waals surface area (Å²) in [7, 11) is 0. The second-order valence-corrected chi connectivity index (χ2v) is 6.94. The number of hydrogen-bond acceptors (Lipinski definition) is 5. The van der Waals surface area contributed by atoms with E-state index < -0.39 is 0 Å². The van der Waals surface area contributed by atoms with Crippen molar-refractivity contribution >= 4 is 34.5 Å². The minimum atomic E-state index is -0.123. The van der Waals surface area contributed by atoms with Gasteiger partial charge in [-0.25, -0.2) is 4.98 Å². The van der Waals surface area contributed by atoms with E-state index in [2.05, 4.69) is 15.6 Å². The van der Waals surface area contributed by atoms with Crippen molar-refractivity contribution in [2.75, 3.05) is 17.2 Å². The average Bonchev–Trinajstić information content (AvgIpc) is 3.12. The molecule has 0 aliphatic heterocycles. The van der Waals surface area contributed by atoms with Crippen molar-refractivity contribution in [1.29, 1.82) is 0 Å². The molecule has 0 aliphatic carbocycles. The number of benzene rings is 2. The summed E-state index contributed by atoms with van der Waals surface area (Å²) in [5.41, 5.74) is 3.12. The first-order valence-corrected chi connectivity index (χ1v) is 9.76. The Hall–Kier alpha value is -3.19. The molecule has 3 rings (SSSR count). The van der Waals surface area contributed by atoms with E-state index in [1.54, 1.807) is 0 Å². The molecule has 0 atom stereocenters. The standard InChI is InChI=1S/C21H21N3O3S/c1-3-27-19-10-8-17(9-11-19)23-20(26)12-18-13-28-21(24-18)15-4-6-16(7-5-15)22-14(2)25/h4-11,13H,3,12H2,1-2H3,(H,22,25)(H,23,26). The first-order chi connectivity index (χ1) is 13.5. The van der Waals surface area contributed by atoms with Crippen LogP contribution in [0.1, 0.15) is 19.5 Å². The molecule has 2 aromatic carbocycles. The smallest absolute Gasteiger partial charge is 0.230 e. The summed E-state index contributed by atoms with van der Waals surface area (Å²) in [6.45, 7) is 4.00. The predicted molar refractivity (Wildman–Crippen MR) is 112 cm³/mol. The summed E-state index contributed by atoms with van der Waals surface area (Å²) in [6, 6.07) is 14.7. The zero-order chi connectivity index (χ0) is 19.9. The van der Waals surface area contributed by atoms with Gasteiger partial charge in [-0.05, 0) is 55.5 Å². The number of anilines is 2. The van der Waals surface area contributed by atoms with Crippen LogP contribution in [0.5, 0.6) is 5.75 Å². The Bertz CT molecular complexity index is 950. The molecule has 144 valence electrons. The third-order valence-electron chi connectivity index (χ3n) is 3.79. The van der Waals surface area contributed by atoms with Crippen LogP contribution in [0.25, 0.3) is 10.6 Å². The van der Waals surface area contributed by atoms with E-state index in [4.69, 9.17) is 4.74 Å².